The summed E-state index contributed by atoms with van der Waals surface area (Å²) in [6.07, 6.45) is 4.22. The zero-order valence-corrected chi connectivity index (χ0v) is 8.80. The molecule has 1 aromatic heterocycles. The second-order valence-electron chi connectivity index (χ2n) is 4.12. The van der Waals surface area contributed by atoms with Crippen LogP contribution in [0.25, 0.3) is 11.3 Å². The van der Waals surface area contributed by atoms with Gasteiger partial charge in [-0.25, -0.2) is 9.97 Å². The van der Waals surface area contributed by atoms with E-state index >= 15 is 0 Å². The van der Waals surface area contributed by atoms with E-state index in [1.54, 1.807) is 12.1 Å². The Hall–Kier alpha value is -1.90. The Morgan fingerprint density at radius 3 is 2.50 bits per heavy atom. The minimum absolute atomic E-state index is 0.278. The van der Waals surface area contributed by atoms with Crippen LogP contribution in [0.1, 0.15) is 24.6 Å². The van der Waals surface area contributed by atoms with E-state index in [2.05, 4.69) is 9.97 Å². The van der Waals surface area contributed by atoms with Crippen molar-refractivity contribution in [3.8, 4) is 17.0 Å². The van der Waals surface area contributed by atoms with Gasteiger partial charge in [-0.05, 0) is 43.2 Å². The van der Waals surface area contributed by atoms with Crippen molar-refractivity contribution >= 4 is 0 Å². The molecule has 3 nitrogen and oxygen atoms in total. The molecule has 3 heteroatoms. The summed E-state index contributed by atoms with van der Waals surface area (Å²) in [5.41, 5.74) is 1.94. The van der Waals surface area contributed by atoms with E-state index < -0.39 is 0 Å². The molecule has 0 spiro atoms. The van der Waals surface area contributed by atoms with E-state index in [0.717, 1.165) is 17.1 Å². The van der Waals surface area contributed by atoms with E-state index in [9.17, 15) is 5.11 Å². The first kappa shape index (κ1) is 9.33. The molecule has 80 valence electrons. The van der Waals surface area contributed by atoms with Gasteiger partial charge in [0.2, 0.25) is 0 Å². The van der Waals surface area contributed by atoms with Crippen LogP contribution < -0.4 is 0 Å². The highest BCUT2D eigenvalue weighted by molar-refractivity contribution is 5.59. The molecule has 0 amide bonds. The van der Waals surface area contributed by atoms with Crippen LogP contribution in [0.2, 0.25) is 0 Å². The molecule has 0 bridgehead atoms. The minimum Gasteiger partial charge on any atom is -0.508 e. The average molecular weight is 212 g/mol. The molecule has 0 aliphatic heterocycles. The molecular weight excluding hydrogens is 200 g/mol. The Kier molecular flexibility index (Phi) is 2.10. The van der Waals surface area contributed by atoms with Crippen molar-refractivity contribution in [2.75, 3.05) is 0 Å². The molecule has 1 fully saturated rings. The Morgan fingerprint density at radius 2 is 1.81 bits per heavy atom. The molecule has 1 aromatic carbocycles. The second-order valence-corrected chi connectivity index (χ2v) is 4.12. The molecule has 1 aliphatic rings. The lowest BCUT2D eigenvalue weighted by Gasteiger charge is -2.02. The number of rotatable bonds is 2. The number of phenols is 1. The van der Waals surface area contributed by atoms with Crippen molar-refractivity contribution in [1.82, 2.24) is 9.97 Å². The molecule has 1 N–H and O–H groups in total. The maximum absolute atomic E-state index is 9.22. The van der Waals surface area contributed by atoms with Crippen LogP contribution in [-0.4, -0.2) is 15.1 Å². The number of hydrogen-bond donors (Lipinski definition) is 1. The molecule has 1 aliphatic carbocycles. The summed E-state index contributed by atoms with van der Waals surface area (Å²) < 4.78 is 0. The SMILES string of the molecule is Oc1ccc(-c2ccnc(C3CC3)n2)cc1. The Morgan fingerprint density at radius 1 is 1.06 bits per heavy atom. The van der Waals surface area contributed by atoms with Crippen molar-refractivity contribution in [3.05, 3.63) is 42.4 Å². The van der Waals surface area contributed by atoms with Gasteiger partial charge in [-0.1, -0.05) is 0 Å². The third kappa shape index (κ3) is 1.76. The van der Waals surface area contributed by atoms with Crippen molar-refractivity contribution < 1.29 is 5.11 Å². The summed E-state index contributed by atoms with van der Waals surface area (Å²) in [5.74, 6) is 1.79. The van der Waals surface area contributed by atoms with Crippen molar-refractivity contribution in [2.45, 2.75) is 18.8 Å². The quantitative estimate of drug-likeness (QED) is 0.832. The molecule has 0 atom stereocenters. The highest BCUT2D eigenvalue weighted by Crippen LogP contribution is 2.38. The van der Waals surface area contributed by atoms with Gasteiger partial charge in [0, 0.05) is 17.7 Å². The van der Waals surface area contributed by atoms with Gasteiger partial charge >= 0.3 is 0 Å². The molecule has 2 aromatic rings. The third-order valence-electron chi connectivity index (χ3n) is 2.78. The zero-order chi connectivity index (χ0) is 11.0. The number of benzene rings is 1. The lowest BCUT2D eigenvalue weighted by atomic mass is 10.1. The summed E-state index contributed by atoms with van der Waals surface area (Å²) >= 11 is 0. The fraction of sp³-hybridized carbons (Fsp3) is 0.231. The van der Waals surface area contributed by atoms with Crippen molar-refractivity contribution in [1.29, 1.82) is 0 Å². The molecule has 1 saturated carbocycles. The largest absolute Gasteiger partial charge is 0.508 e. The molecule has 0 unspecified atom stereocenters. The predicted octanol–water partition coefficient (Wildman–Crippen LogP) is 2.73. The molecule has 0 radical (unpaired) electrons. The zero-order valence-electron chi connectivity index (χ0n) is 8.80. The minimum atomic E-state index is 0.278. The Labute approximate surface area is 93.8 Å². The van der Waals surface area contributed by atoms with Crippen LogP contribution in [-0.2, 0) is 0 Å². The first-order chi connectivity index (χ1) is 7.83. The van der Waals surface area contributed by atoms with Crippen molar-refractivity contribution in [3.63, 3.8) is 0 Å². The molecule has 0 saturated heterocycles. The topological polar surface area (TPSA) is 46.0 Å². The fourth-order valence-electron chi connectivity index (χ4n) is 1.70. The average Bonchev–Trinajstić information content (AvgIpc) is 3.14. The second kappa shape index (κ2) is 3.59. The number of aromatic nitrogens is 2. The summed E-state index contributed by atoms with van der Waals surface area (Å²) in [5, 5.41) is 9.22. The smallest absolute Gasteiger partial charge is 0.132 e. The van der Waals surface area contributed by atoms with E-state index in [1.165, 1.54) is 12.8 Å². The molecule has 3 rings (SSSR count). The predicted molar refractivity (Wildman–Crippen MR) is 61.1 cm³/mol. The lowest BCUT2D eigenvalue weighted by molar-refractivity contribution is 0.475. The van der Waals surface area contributed by atoms with E-state index in [0.29, 0.717) is 5.92 Å². The summed E-state index contributed by atoms with van der Waals surface area (Å²) in [6, 6.07) is 8.99. The van der Waals surface area contributed by atoms with Gasteiger partial charge in [-0.2, -0.15) is 0 Å². The van der Waals surface area contributed by atoms with Gasteiger partial charge in [0.25, 0.3) is 0 Å². The maximum Gasteiger partial charge on any atom is 0.132 e. The van der Waals surface area contributed by atoms with Crippen LogP contribution in [0.4, 0.5) is 0 Å². The van der Waals surface area contributed by atoms with Crippen LogP contribution in [0.5, 0.6) is 5.75 Å². The Balaban J connectivity index is 1.98. The van der Waals surface area contributed by atoms with Gasteiger partial charge in [-0.3, -0.25) is 0 Å². The van der Waals surface area contributed by atoms with Gasteiger partial charge in [0.05, 0.1) is 5.69 Å². The van der Waals surface area contributed by atoms with E-state index in [1.807, 2.05) is 24.4 Å². The summed E-state index contributed by atoms with van der Waals surface area (Å²) in [7, 11) is 0. The van der Waals surface area contributed by atoms with Crippen LogP contribution >= 0.6 is 0 Å². The van der Waals surface area contributed by atoms with Gasteiger partial charge in [0.15, 0.2) is 0 Å². The van der Waals surface area contributed by atoms with Gasteiger partial charge in [0.1, 0.15) is 11.6 Å². The van der Waals surface area contributed by atoms with E-state index in [4.69, 9.17) is 0 Å². The highest BCUT2D eigenvalue weighted by atomic mass is 16.3. The van der Waals surface area contributed by atoms with E-state index in [-0.39, 0.29) is 5.75 Å². The van der Waals surface area contributed by atoms with Crippen molar-refractivity contribution in [2.24, 2.45) is 0 Å². The third-order valence-corrected chi connectivity index (χ3v) is 2.78. The Bertz CT molecular complexity index is 504. The standard InChI is InChI=1S/C13H12N2O/c16-11-5-3-9(4-6-11)12-7-8-14-13(15-12)10-1-2-10/h3-8,10,16H,1-2H2. The number of aromatic hydroxyl groups is 1. The van der Waals surface area contributed by atoms with Gasteiger partial charge < -0.3 is 5.11 Å². The molecular formula is C13H12N2O. The molecule has 1 heterocycles. The van der Waals surface area contributed by atoms with Gasteiger partial charge in [-0.15, -0.1) is 0 Å². The highest BCUT2D eigenvalue weighted by Gasteiger charge is 2.26. The van der Waals surface area contributed by atoms with Crippen LogP contribution in [0.3, 0.4) is 0 Å². The first-order valence-corrected chi connectivity index (χ1v) is 5.45. The maximum atomic E-state index is 9.22. The molecule has 16 heavy (non-hydrogen) atoms. The number of nitrogens with zero attached hydrogens (tertiary/aromatic N) is 2. The normalized spacial score (nSPS) is 15.0. The number of hydrogen-bond acceptors (Lipinski definition) is 3. The first-order valence-electron chi connectivity index (χ1n) is 5.45. The van der Waals surface area contributed by atoms with Crippen LogP contribution in [0.15, 0.2) is 36.5 Å². The lowest BCUT2D eigenvalue weighted by Crippen LogP contribution is -1.93. The summed E-state index contributed by atoms with van der Waals surface area (Å²) in [6.45, 7) is 0. The number of phenolic OH excluding ortho intramolecular Hbond substituents is 1. The van der Waals surface area contributed by atoms with Crippen LogP contribution in [0, 0.1) is 0 Å². The summed E-state index contributed by atoms with van der Waals surface area (Å²) in [4.78, 5) is 8.83. The fourth-order valence-corrected chi connectivity index (χ4v) is 1.70. The monoisotopic (exact) mass is 212 g/mol.